The Morgan fingerprint density at radius 1 is 1.36 bits per heavy atom. The number of rotatable bonds is 4. The molecule has 0 spiro atoms. The second-order valence-electron chi connectivity index (χ2n) is 6.20. The summed E-state index contributed by atoms with van der Waals surface area (Å²) in [5.41, 5.74) is 0.833. The van der Waals surface area contributed by atoms with E-state index in [1.165, 1.54) is 0 Å². The van der Waals surface area contributed by atoms with Crippen molar-refractivity contribution in [1.82, 2.24) is 0 Å². The largest absolute Gasteiger partial charge is 0.490 e. The van der Waals surface area contributed by atoms with Gasteiger partial charge < -0.3 is 15.0 Å². The van der Waals surface area contributed by atoms with Crippen molar-refractivity contribution in [3.05, 3.63) is 18.2 Å². The Balaban J connectivity index is 2.35. The van der Waals surface area contributed by atoms with Gasteiger partial charge in [0.1, 0.15) is 12.4 Å². The summed E-state index contributed by atoms with van der Waals surface area (Å²) >= 11 is 0. The van der Waals surface area contributed by atoms with Crippen LogP contribution in [0.1, 0.15) is 40.5 Å². The van der Waals surface area contributed by atoms with Crippen LogP contribution in [0.2, 0.25) is 0 Å². The molecule has 1 N–H and O–H groups in total. The van der Waals surface area contributed by atoms with E-state index < -0.39 is 5.41 Å². The number of hydrogen-bond acceptors (Lipinski definition) is 3. The Kier molecular flexibility index (Phi) is 4.74. The number of carbonyl (C=O) groups is 2. The Morgan fingerprint density at radius 3 is 2.73 bits per heavy atom. The lowest BCUT2D eigenvalue weighted by Crippen LogP contribution is -2.42. The predicted molar refractivity (Wildman–Crippen MR) is 87.3 cm³/mol. The third-order valence-corrected chi connectivity index (χ3v) is 3.74. The summed E-state index contributed by atoms with van der Waals surface area (Å²) in [5, 5.41) is 2.86. The van der Waals surface area contributed by atoms with Crippen LogP contribution in [-0.4, -0.2) is 25.0 Å². The fourth-order valence-electron chi connectivity index (χ4n) is 2.49. The van der Waals surface area contributed by atoms with E-state index in [1.54, 1.807) is 4.90 Å². The van der Waals surface area contributed by atoms with Gasteiger partial charge in [0.15, 0.2) is 0 Å². The zero-order valence-corrected chi connectivity index (χ0v) is 13.7. The van der Waals surface area contributed by atoms with E-state index in [-0.39, 0.29) is 11.8 Å². The molecule has 0 bridgehead atoms. The van der Waals surface area contributed by atoms with Crippen molar-refractivity contribution in [2.75, 3.05) is 23.4 Å². The molecule has 0 aromatic heterocycles. The third-order valence-electron chi connectivity index (χ3n) is 3.74. The highest BCUT2D eigenvalue weighted by Crippen LogP contribution is 2.38. The fourth-order valence-corrected chi connectivity index (χ4v) is 2.49. The van der Waals surface area contributed by atoms with E-state index in [1.807, 2.05) is 45.9 Å². The number of amides is 2. The number of fused-ring (bicyclic) bond motifs is 1. The van der Waals surface area contributed by atoms with Crippen molar-refractivity contribution in [3.8, 4) is 5.75 Å². The lowest BCUT2D eigenvalue weighted by molar-refractivity contribution is -0.127. The molecule has 2 amide bonds. The van der Waals surface area contributed by atoms with Gasteiger partial charge in [0.25, 0.3) is 0 Å². The number of hydrogen-bond donors (Lipinski definition) is 1. The van der Waals surface area contributed by atoms with Crippen molar-refractivity contribution in [1.29, 1.82) is 0 Å². The van der Waals surface area contributed by atoms with Gasteiger partial charge in [-0.05, 0) is 45.4 Å². The molecular formula is C17H24N2O3. The van der Waals surface area contributed by atoms with E-state index in [0.29, 0.717) is 36.7 Å². The molecule has 0 unspecified atom stereocenters. The molecule has 1 heterocycles. The average Bonchev–Trinajstić information content (AvgIpc) is 2.55. The summed E-state index contributed by atoms with van der Waals surface area (Å²) in [6.45, 7) is 8.57. The molecule has 0 radical (unpaired) electrons. The highest BCUT2D eigenvalue weighted by atomic mass is 16.5. The van der Waals surface area contributed by atoms with Crippen LogP contribution in [0.4, 0.5) is 11.4 Å². The molecule has 1 aromatic rings. The number of benzene rings is 1. The molecule has 2 rings (SSSR count). The number of ether oxygens (including phenoxy) is 1. The van der Waals surface area contributed by atoms with Crippen LogP contribution in [-0.2, 0) is 9.59 Å². The second-order valence-corrected chi connectivity index (χ2v) is 6.20. The minimum absolute atomic E-state index is 0.0216. The molecule has 0 saturated heterocycles. The lowest BCUT2D eigenvalue weighted by Gasteiger charge is -2.27. The molecule has 1 aliphatic rings. The van der Waals surface area contributed by atoms with E-state index in [9.17, 15) is 9.59 Å². The van der Waals surface area contributed by atoms with Gasteiger partial charge in [-0.15, -0.1) is 0 Å². The average molecular weight is 304 g/mol. The molecule has 0 fully saturated rings. The molecule has 5 heteroatoms. The number of anilines is 2. The normalized spacial score (nSPS) is 16.5. The first kappa shape index (κ1) is 16.3. The predicted octanol–water partition coefficient (Wildman–Crippen LogP) is 3.20. The zero-order chi connectivity index (χ0) is 16.3. The van der Waals surface area contributed by atoms with Gasteiger partial charge in [-0.25, -0.2) is 0 Å². The van der Waals surface area contributed by atoms with Gasteiger partial charge in [-0.2, -0.15) is 0 Å². The van der Waals surface area contributed by atoms with E-state index in [4.69, 9.17) is 4.74 Å². The van der Waals surface area contributed by atoms with E-state index in [0.717, 1.165) is 6.42 Å². The van der Waals surface area contributed by atoms with Gasteiger partial charge >= 0.3 is 0 Å². The maximum Gasteiger partial charge on any atom is 0.236 e. The second kappa shape index (κ2) is 6.38. The highest BCUT2D eigenvalue weighted by molar-refractivity contribution is 6.00. The lowest BCUT2D eigenvalue weighted by atomic mass is 9.93. The molecule has 1 aliphatic heterocycles. The van der Waals surface area contributed by atoms with Gasteiger partial charge in [0.05, 0.1) is 11.1 Å². The monoisotopic (exact) mass is 304 g/mol. The van der Waals surface area contributed by atoms with Gasteiger partial charge in [0.2, 0.25) is 11.8 Å². The maximum atomic E-state index is 12.7. The van der Waals surface area contributed by atoms with Crippen LogP contribution in [0.25, 0.3) is 0 Å². The summed E-state index contributed by atoms with van der Waals surface area (Å²) in [4.78, 5) is 26.1. The van der Waals surface area contributed by atoms with Crippen LogP contribution in [0.3, 0.4) is 0 Å². The minimum atomic E-state index is -0.569. The molecule has 22 heavy (non-hydrogen) atoms. The van der Waals surface area contributed by atoms with E-state index in [2.05, 4.69) is 5.32 Å². The Hall–Kier alpha value is -2.04. The Labute approximate surface area is 131 Å². The molecule has 1 aromatic carbocycles. The smallest absolute Gasteiger partial charge is 0.236 e. The number of carbonyl (C=O) groups excluding carboxylic acids is 2. The first-order valence-corrected chi connectivity index (χ1v) is 7.77. The molecule has 0 atom stereocenters. The van der Waals surface area contributed by atoms with Crippen molar-refractivity contribution in [2.45, 2.75) is 40.5 Å². The number of nitrogens with one attached hydrogen (secondary N) is 1. The van der Waals surface area contributed by atoms with Gasteiger partial charge in [-0.3, -0.25) is 9.59 Å². The summed E-state index contributed by atoms with van der Waals surface area (Å²) in [6, 6.07) is 5.43. The topological polar surface area (TPSA) is 58.6 Å². The molecule has 0 saturated carbocycles. The van der Waals surface area contributed by atoms with Gasteiger partial charge in [-0.1, -0.05) is 6.92 Å². The Bertz CT molecular complexity index is 581. The summed E-state index contributed by atoms with van der Waals surface area (Å²) in [5.74, 6) is 0.687. The third kappa shape index (κ3) is 3.24. The summed E-state index contributed by atoms with van der Waals surface area (Å²) in [7, 11) is 0. The summed E-state index contributed by atoms with van der Waals surface area (Å²) < 4.78 is 5.80. The standard InChI is InChI=1S/C17H24N2O3/c1-5-7-15(20)18-12-8-9-14-13(10-12)19(6-2)16(21)17(3,4)11-22-14/h8-10H,5-7,11H2,1-4H3,(H,18,20). The van der Waals surface area contributed by atoms with Crippen molar-refractivity contribution < 1.29 is 14.3 Å². The van der Waals surface area contributed by atoms with Crippen LogP contribution in [0, 0.1) is 5.41 Å². The fraction of sp³-hybridized carbons (Fsp3) is 0.529. The van der Waals surface area contributed by atoms with Crippen LogP contribution >= 0.6 is 0 Å². The van der Waals surface area contributed by atoms with Crippen molar-refractivity contribution in [2.24, 2.45) is 5.41 Å². The maximum absolute atomic E-state index is 12.7. The first-order valence-electron chi connectivity index (χ1n) is 7.77. The molecule has 0 aliphatic carbocycles. The van der Waals surface area contributed by atoms with Crippen LogP contribution in [0.15, 0.2) is 18.2 Å². The van der Waals surface area contributed by atoms with Crippen LogP contribution in [0.5, 0.6) is 5.75 Å². The zero-order valence-electron chi connectivity index (χ0n) is 13.7. The molecule has 120 valence electrons. The van der Waals surface area contributed by atoms with E-state index >= 15 is 0 Å². The highest BCUT2D eigenvalue weighted by Gasteiger charge is 2.37. The van der Waals surface area contributed by atoms with Crippen molar-refractivity contribution in [3.63, 3.8) is 0 Å². The van der Waals surface area contributed by atoms with Crippen molar-refractivity contribution >= 4 is 23.2 Å². The molecule has 5 nitrogen and oxygen atoms in total. The Morgan fingerprint density at radius 2 is 2.09 bits per heavy atom. The molecular weight excluding hydrogens is 280 g/mol. The van der Waals surface area contributed by atoms with Crippen LogP contribution < -0.4 is 15.0 Å². The summed E-state index contributed by atoms with van der Waals surface area (Å²) in [6.07, 6.45) is 1.28. The minimum Gasteiger partial charge on any atom is -0.490 e. The quantitative estimate of drug-likeness (QED) is 0.929. The first-order chi connectivity index (χ1) is 10.4. The van der Waals surface area contributed by atoms with Gasteiger partial charge in [0, 0.05) is 18.7 Å². The number of nitrogens with zero attached hydrogens (tertiary/aromatic N) is 1. The SMILES string of the molecule is CCCC(=O)Nc1ccc2c(c1)N(CC)C(=O)C(C)(C)CO2.